The highest BCUT2D eigenvalue weighted by molar-refractivity contribution is 7.60. The molecule has 0 spiro atoms. The Kier molecular flexibility index (Phi) is 4.86. The summed E-state index contributed by atoms with van der Waals surface area (Å²) in [5.41, 5.74) is -0.247. The van der Waals surface area contributed by atoms with Gasteiger partial charge in [0.15, 0.2) is 5.76 Å². The summed E-state index contributed by atoms with van der Waals surface area (Å²) in [6.07, 6.45) is 0. The van der Waals surface area contributed by atoms with Crippen molar-refractivity contribution in [2.24, 2.45) is 0 Å². The lowest BCUT2D eigenvalue weighted by Crippen LogP contribution is -2.09. The van der Waals surface area contributed by atoms with E-state index in [1.54, 1.807) is 42.5 Å². The van der Waals surface area contributed by atoms with E-state index in [1.165, 1.54) is 12.1 Å². The molecule has 0 aliphatic carbocycles. The van der Waals surface area contributed by atoms with Crippen molar-refractivity contribution >= 4 is 26.6 Å². The number of hydrogen-bond donors (Lipinski definition) is 3. The zero-order valence-electron chi connectivity index (χ0n) is 12.9. The topological polar surface area (TPSA) is 144 Å². The Morgan fingerprint density at radius 3 is 2.15 bits per heavy atom. The molecule has 136 valence electrons. The summed E-state index contributed by atoms with van der Waals surface area (Å²) < 4.78 is 36.8. The number of phosphoric acid groups is 2. The molecule has 3 N–H and O–H groups in total. The van der Waals surface area contributed by atoms with E-state index < -0.39 is 26.8 Å². The third-order valence-corrected chi connectivity index (χ3v) is 5.30. The summed E-state index contributed by atoms with van der Waals surface area (Å²) in [5.74, 6) is -0.882. The van der Waals surface area contributed by atoms with Crippen LogP contribution >= 0.6 is 15.6 Å². The minimum atomic E-state index is -5.35. The number of para-hydroxylation sites is 1. The second kappa shape index (κ2) is 6.81. The Labute approximate surface area is 146 Å². The number of phosphoric ester groups is 1. The van der Waals surface area contributed by atoms with Crippen LogP contribution in [-0.2, 0) is 13.4 Å². The van der Waals surface area contributed by atoms with Crippen LogP contribution in [0.1, 0.15) is 0 Å². The largest absolute Gasteiger partial charge is 0.536 e. The van der Waals surface area contributed by atoms with Crippen LogP contribution in [0.25, 0.3) is 22.3 Å². The Morgan fingerprint density at radius 1 is 0.885 bits per heavy atom. The van der Waals surface area contributed by atoms with Crippen LogP contribution in [0.2, 0.25) is 0 Å². The lowest BCUT2D eigenvalue weighted by Gasteiger charge is -2.15. The van der Waals surface area contributed by atoms with Crippen molar-refractivity contribution in [1.82, 2.24) is 0 Å². The predicted octanol–water partition coefficient (Wildman–Crippen LogP) is 3.05. The van der Waals surface area contributed by atoms with Gasteiger partial charge in [0.2, 0.25) is 11.2 Å². The molecule has 1 heterocycles. The van der Waals surface area contributed by atoms with Gasteiger partial charge in [-0.2, -0.15) is 4.31 Å². The second-order valence-electron chi connectivity index (χ2n) is 5.08. The molecule has 3 aromatic rings. The minimum absolute atomic E-state index is 0.0540. The molecule has 0 aliphatic rings. The fraction of sp³-hybridized carbons (Fsp3) is 0. The number of hydrogen-bond acceptors (Lipinski definition) is 6. The monoisotopic (exact) mass is 398 g/mol. The van der Waals surface area contributed by atoms with E-state index in [1.807, 2.05) is 0 Å². The van der Waals surface area contributed by atoms with Crippen LogP contribution in [0.15, 0.2) is 63.8 Å². The van der Waals surface area contributed by atoms with Gasteiger partial charge in [0.1, 0.15) is 5.58 Å². The zero-order chi connectivity index (χ0) is 18.9. The van der Waals surface area contributed by atoms with E-state index in [0.717, 1.165) is 0 Å². The zero-order valence-corrected chi connectivity index (χ0v) is 14.7. The highest BCUT2D eigenvalue weighted by Crippen LogP contribution is 2.57. The summed E-state index contributed by atoms with van der Waals surface area (Å²) in [4.78, 5) is 39.8. The van der Waals surface area contributed by atoms with E-state index in [-0.39, 0.29) is 16.7 Å². The van der Waals surface area contributed by atoms with Crippen LogP contribution in [0, 0.1) is 0 Å². The average molecular weight is 398 g/mol. The minimum Gasteiger partial charge on any atom is -0.452 e. The predicted molar refractivity (Wildman–Crippen MR) is 91.5 cm³/mol. The summed E-state index contributed by atoms with van der Waals surface area (Å²) in [6.45, 7) is 0. The molecule has 0 bridgehead atoms. The molecule has 9 nitrogen and oxygen atoms in total. The van der Waals surface area contributed by atoms with Crippen molar-refractivity contribution in [3.8, 4) is 17.1 Å². The van der Waals surface area contributed by atoms with E-state index in [4.69, 9.17) is 18.7 Å². The van der Waals surface area contributed by atoms with Crippen LogP contribution in [-0.4, -0.2) is 14.7 Å². The molecule has 26 heavy (non-hydrogen) atoms. The van der Waals surface area contributed by atoms with Crippen LogP contribution in [0.3, 0.4) is 0 Å². The highest BCUT2D eigenvalue weighted by atomic mass is 31.3. The molecule has 1 unspecified atom stereocenters. The molecular formula is C15H12O9P2. The van der Waals surface area contributed by atoms with Crippen LogP contribution < -0.4 is 9.95 Å². The number of fused-ring (bicyclic) bond motifs is 1. The Morgan fingerprint density at radius 2 is 1.50 bits per heavy atom. The number of benzene rings is 2. The molecule has 0 saturated heterocycles. The second-order valence-corrected chi connectivity index (χ2v) is 7.84. The van der Waals surface area contributed by atoms with Crippen molar-refractivity contribution in [2.75, 3.05) is 0 Å². The first-order valence-corrected chi connectivity index (χ1v) is 10.1. The molecular weight excluding hydrogens is 386 g/mol. The summed E-state index contributed by atoms with van der Waals surface area (Å²) >= 11 is 0. The summed E-state index contributed by atoms with van der Waals surface area (Å²) in [6, 6.07) is 14.2. The molecule has 1 atom stereocenters. The van der Waals surface area contributed by atoms with Crippen molar-refractivity contribution in [2.45, 2.75) is 0 Å². The molecule has 0 fully saturated rings. The summed E-state index contributed by atoms with van der Waals surface area (Å²) in [7, 11) is -10.7. The van der Waals surface area contributed by atoms with Gasteiger partial charge in [0.05, 0.1) is 5.39 Å². The Balaban J connectivity index is 2.22. The average Bonchev–Trinajstić information content (AvgIpc) is 2.56. The highest BCUT2D eigenvalue weighted by Gasteiger charge is 2.36. The number of rotatable bonds is 5. The van der Waals surface area contributed by atoms with E-state index in [2.05, 4.69) is 4.31 Å². The van der Waals surface area contributed by atoms with Crippen molar-refractivity contribution in [1.29, 1.82) is 0 Å². The third kappa shape index (κ3) is 4.11. The van der Waals surface area contributed by atoms with E-state index >= 15 is 0 Å². The van der Waals surface area contributed by atoms with E-state index in [9.17, 15) is 18.8 Å². The quantitative estimate of drug-likeness (QED) is 0.552. The van der Waals surface area contributed by atoms with Gasteiger partial charge in [0.25, 0.3) is 0 Å². The normalized spacial score (nSPS) is 14.1. The first-order valence-electron chi connectivity index (χ1n) is 7.07. The Bertz CT molecular complexity index is 1100. The van der Waals surface area contributed by atoms with Crippen molar-refractivity contribution in [3.63, 3.8) is 0 Å². The van der Waals surface area contributed by atoms with Crippen molar-refractivity contribution in [3.05, 3.63) is 64.8 Å². The van der Waals surface area contributed by atoms with Crippen molar-refractivity contribution < 1.29 is 37.1 Å². The molecule has 0 saturated carbocycles. The fourth-order valence-corrected chi connectivity index (χ4v) is 3.86. The van der Waals surface area contributed by atoms with Gasteiger partial charge in [-0.1, -0.05) is 42.5 Å². The first kappa shape index (κ1) is 18.5. The SMILES string of the molecule is O=c1c(OP(=O)(O)OP(=O)(O)O)c(-c2ccccc2)oc2ccccc12. The van der Waals surface area contributed by atoms with Gasteiger partial charge < -0.3 is 18.7 Å². The lowest BCUT2D eigenvalue weighted by molar-refractivity contribution is 0.228. The maximum absolute atomic E-state index is 12.7. The molecule has 3 rings (SSSR count). The van der Waals surface area contributed by atoms with Gasteiger partial charge in [0, 0.05) is 5.56 Å². The molecule has 0 radical (unpaired) electrons. The smallest absolute Gasteiger partial charge is 0.452 e. The molecule has 0 aliphatic heterocycles. The molecule has 1 aromatic heterocycles. The van der Waals surface area contributed by atoms with Gasteiger partial charge in [-0.15, -0.1) is 0 Å². The third-order valence-electron chi connectivity index (χ3n) is 3.21. The molecule has 2 aromatic carbocycles. The summed E-state index contributed by atoms with van der Waals surface area (Å²) in [5, 5.41) is 0.0540. The van der Waals surface area contributed by atoms with Gasteiger partial charge in [-0.05, 0) is 12.1 Å². The molecule has 11 heteroatoms. The maximum atomic E-state index is 12.7. The maximum Gasteiger partial charge on any atom is 0.536 e. The van der Waals surface area contributed by atoms with Gasteiger partial charge >= 0.3 is 15.6 Å². The lowest BCUT2D eigenvalue weighted by atomic mass is 10.1. The fourth-order valence-electron chi connectivity index (χ4n) is 2.25. The van der Waals surface area contributed by atoms with Gasteiger partial charge in [-0.3, -0.25) is 9.69 Å². The van der Waals surface area contributed by atoms with Gasteiger partial charge in [-0.25, -0.2) is 9.13 Å². The molecule has 0 amide bonds. The standard InChI is InChI=1S/C15H12O9P2/c16-13-11-8-4-5-9-12(11)22-14(10-6-2-1-3-7-10)15(13)23-26(20,21)24-25(17,18)19/h1-9H,(H,20,21)(H2,17,18,19). The van der Waals surface area contributed by atoms with Crippen LogP contribution in [0.5, 0.6) is 5.75 Å². The first-order chi connectivity index (χ1) is 12.2. The van der Waals surface area contributed by atoms with Crippen LogP contribution in [0.4, 0.5) is 0 Å². The van der Waals surface area contributed by atoms with E-state index in [0.29, 0.717) is 5.56 Å². The Hall–Kier alpha value is -2.25.